The van der Waals surface area contributed by atoms with Crippen LogP contribution in [0.15, 0.2) is 83.9 Å². The van der Waals surface area contributed by atoms with Crippen LogP contribution in [0, 0.1) is 0 Å². The molecule has 0 aromatic heterocycles. The van der Waals surface area contributed by atoms with E-state index in [0.29, 0.717) is 28.7 Å². The van der Waals surface area contributed by atoms with E-state index in [0.717, 1.165) is 11.1 Å². The largest absolute Gasteiger partial charge is 0.350 e. The standard InChI is InChI=1S/C24H20ClN3O2/c25-19-11-5-4-10-18(19)15-26-23(29)16-28-22-13-7-6-12-20(22)27-21(14-24(28)30)17-8-2-1-3-9-17/h1-13H,14-16H2,(H,26,29). The maximum absolute atomic E-state index is 13.1. The summed E-state index contributed by atoms with van der Waals surface area (Å²) in [5, 5.41) is 3.44. The molecule has 0 aliphatic carbocycles. The SMILES string of the molecule is O=C(CN1C(=O)CC(c2ccccc2)=Nc2ccccc21)NCc1ccccc1Cl. The van der Waals surface area contributed by atoms with Crippen molar-refractivity contribution in [3.8, 4) is 0 Å². The first-order valence-corrected chi connectivity index (χ1v) is 10.0. The van der Waals surface area contributed by atoms with E-state index in [9.17, 15) is 9.59 Å². The summed E-state index contributed by atoms with van der Waals surface area (Å²) < 4.78 is 0. The molecule has 1 N–H and O–H groups in total. The van der Waals surface area contributed by atoms with Crippen molar-refractivity contribution in [2.24, 2.45) is 4.99 Å². The molecule has 0 saturated carbocycles. The summed E-state index contributed by atoms with van der Waals surface area (Å²) in [5.41, 5.74) is 3.70. The Morgan fingerprint density at radius 2 is 1.67 bits per heavy atom. The van der Waals surface area contributed by atoms with Gasteiger partial charge in [-0.25, -0.2) is 0 Å². The number of fused-ring (bicyclic) bond motifs is 1. The van der Waals surface area contributed by atoms with E-state index >= 15 is 0 Å². The third kappa shape index (κ3) is 4.42. The van der Waals surface area contributed by atoms with Crippen molar-refractivity contribution in [3.05, 3.63) is 95.0 Å². The van der Waals surface area contributed by atoms with Gasteiger partial charge >= 0.3 is 0 Å². The first-order chi connectivity index (χ1) is 14.6. The van der Waals surface area contributed by atoms with Gasteiger partial charge in [0.05, 0.1) is 23.5 Å². The Morgan fingerprint density at radius 3 is 2.47 bits per heavy atom. The van der Waals surface area contributed by atoms with E-state index < -0.39 is 0 Å². The zero-order chi connectivity index (χ0) is 20.9. The Labute approximate surface area is 180 Å². The fourth-order valence-electron chi connectivity index (χ4n) is 3.35. The molecule has 0 bridgehead atoms. The Balaban J connectivity index is 1.54. The molecule has 1 heterocycles. The number of aliphatic imine (C=N–C) groups is 1. The number of halogens is 1. The van der Waals surface area contributed by atoms with E-state index in [1.807, 2.05) is 72.8 Å². The number of hydrogen-bond acceptors (Lipinski definition) is 3. The highest BCUT2D eigenvalue weighted by Crippen LogP contribution is 2.32. The number of hydrogen-bond donors (Lipinski definition) is 1. The highest BCUT2D eigenvalue weighted by molar-refractivity contribution is 6.31. The lowest BCUT2D eigenvalue weighted by molar-refractivity contribution is -0.123. The Kier molecular flexibility index (Phi) is 5.91. The van der Waals surface area contributed by atoms with E-state index in [1.54, 1.807) is 6.07 Å². The smallest absolute Gasteiger partial charge is 0.240 e. The number of amides is 2. The van der Waals surface area contributed by atoms with Gasteiger partial charge in [0.15, 0.2) is 0 Å². The van der Waals surface area contributed by atoms with Crippen molar-refractivity contribution in [1.82, 2.24) is 5.32 Å². The lowest BCUT2D eigenvalue weighted by atomic mass is 10.1. The Bertz CT molecular complexity index is 1110. The summed E-state index contributed by atoms with van der Waals surface area (Å²) in [6.45, 7) is 0.214. The average Bonchev–Trinajstić information content (AvgIpc) is 2.90. The summed E-state index contributed by atoms with van der Waals surface area (Å²) >= 11 is 6.15. The summed E-state index contributed by atoms with van der Waals surface area (Å²) in [6, 6.07) is 24.3. The minimum absolute atomic E-state index is 0.0854. The lowest BCUT2D eigenvalue weighted by Crippen LogP contribution is -2.41. The van der Waals surface area contributed by atoms with Crippen LogP contribution < -0.4 is 10.2 Å². The number of nitrogens with one attached hydrogen (secondary N) is 1. The summed E-state index contributed by atoms with van der Waals surface area (Å²) in [5.74, 6) is -0.434. The van der Waals surface area contributed by atoms with Gasteiger partial charge in [0.2, 0.25) is 11.8 Å². The number of rotatable bonds is 5. The molecule has 0 saturated heterocycles. The van der Waals surface area contributed by atoms with Gasteiger partial charge in [0, 0.05) is 11.6 Å². The van der Waals surface area contributed by atoms with E-state index in [2.05, 4.69) is 5.32 Å². The zero-order valence-corrected chi connectivity index (χ0v) is 17.0. The van der Waals surface area contributed by atoms with Gasteiger partial charge in [0.1, 0.15) is 6.54 Å². The number of carbonyl (C=O) groups excluding carboxylic acids is 2. The predicted octanol–water partition coefficient (Wildman–Crippen LogP) is 4.51. The van der Waals surface area contributed by atoms with Crippen LogP contribution in [-0.4, -0.2) is 24.1 Å². The number of para-hydroxylation sites is 2. The van der Waals surface area contributed by atoms with Crippen LogP contribution >= 0.6 is 11.6 Å². The van der Waals surface area contributed by atoms with E-state index in [1.165, 1.54) is 4.90 Å². The zero-order valence-electron chi connectivity index (χ0n) is 16.2. The first kappa shape index (κ1) is 19.9. The molecular weight excluding hydrogens is 398 g/mol. The Hall–Kier alpha value is -3.44. The summed E-state index contributed by atoms with van der Waals surface area (Å²) in [6.07, 6.45) is 0.122. The van der Waals surface area contributed by atoms with Gasteiger partial charge < -0.3 is 10.2 Å². The number of nitrogens with zero attached hydrogens (tertiary/aromatic N) is 2. The molecule has 6 heteroatoms. The van der Waals surface area contributed by atoms with Crippen molar-refractivity contribution >= 4 is 40.5 Å². The number of anilines is 1. The van der Waals surface area contributed by atoms with E-state index in [-0.39, 0.29) is 24.8 Å². The summed E-state index contributed by atoms with van der Waals surface area (Å²) in [7, 11) is 0. The molecular formula is C24H20ClN3O2. The van der Waals surface area contributed by atoms with Crippen molar-refractivity contribution in [2.45, 2.75) is 13.0 Å². The quantitative estimate of drug-likeness (QED) is 0.663. The lowest BCUT2D eigenvalue weighted by Gasteiger charge is -2.22. The third-order valence-electron chi connectivity index (χ3n) is 4.89. The Morgan fingerprint density at radius 1 is 0.967 bits per heavy atom. The minimum Gasteiger partial charge on any atom is -0.350 e. The summed E-state index contributed by atoms with van der Waals surface area (Å²) in [4.78, 5) is 31.9. The second-order valence-electron chi connectivity index (χ2n) is 6.94. The second-order valence-corrected chi connectivity index (χ2v) is 7.35. The average molecular weight is 418 g/mol. The molecule has 0 spiro atoms. The highest BCUT2D eigenvalue weighted by Gasteiger charge is 2.26. The van der Waals surface area contributed by atoms with Crippen LogP contribution in [0.3, 0.4) is 0 Å². The van der Waals surface area contributed by atoms with Gasteiger partial charge in [-0.2, -0.15) is 0 Å². The number of carbonyl (C=O) groups is 2. The molecule has 0 atom stereocenters. The molecule has 5 nitrogen and oxygen atoms in total. The van der Waals surface area contributed by atoms with Crippen LogP contribution in [0.4, 0.5) is 11.4 Å². The maximum atomic E-state index is 13.1. The van der Waals surface area contributed by atoms with Crippen molar-refractivity contribution in [1.29, 1.82) is 0 Å². The molecule has 0 fully saturated rings. The topological polar surface area (TPSA) is 61.8 Å². The van der Waals surface area contributed by atoms with Gasteiger partial charge in [-0.15, -0.1) is 0 Å². The predicted molar refractivity (Wildman–Crippen MR) is 119 cm³/mol. The molecule has 3 aromatic carbocycles. The van der Waals surface area contributed by atoms with Crippen molar-refractivity contribution in [2.75, 3.05) is 11.4 Å². The molecule has 3 aromatic rings. The van der Waals surface area contributed by atoms with Crippen molar-refractivity contribution in [3.63, 3.8) is 0 Å². The molecule has 1 aliphatic rings. The van der Waals surface area contributed by atoms with Gasteiger partial charge in [-0.3, -0.25) is 14.6 Å². The van der Waals surface area contributed by atoms with Crippen LogP contribution in [0.2, 0.25) is 5.02 Å². The van der Waals surface area contributed by atoms with Crippen LogP contribution in [-0.2, 0) is 16.1 Å². The minimum atomic E-state index is -0.263. The normalized spacial score (nSPS) is 13.3. The van der Waals surface area contributed by atoms with Crippen LogP contribution in [0.1, 0.15) is 17.5 Å². The maximum Gasteiger partial charge on any atom is 0.240 e. The third-order valence-corrected chi connectivity index (χ3v) is 5.26. The second kappa shape index (κ2) is 8.93. The van der Waals surface area contributed by atoms with E-state index in [4.69, 9.17) is 16.6 Å². The van der Waals surface area contributed by atoms with Gasteiger partial charge in [0.25, 0.3) is 0 Å². The molecule has 1 aliphatic heterocycles. The molecule has 2 amide bonds. The van der Waals surface area contributed by atoms with Gasteiger partial charge in [-0.1, -0.05) is 72.3 Å². The fourth-order valence-corrected chi connectivity index (χ4v) is 3.55. The highest BCUT2D eigenvalue weighted by atomic mass is 35.5. The van der Waals surface area contributed by atoms with Crippen LogP contribution in [0.5, 0.6) is 0 Å². The monoisotopic (exact) mass is 417 g/mol. The molecule has 0 unspecified atom stereocenters. The molecule has 150 valence electrons. The fraction of sp³-hybridized carbons (Fsp3) is 0.125. The first-order valence-electron chi connectivity index (χ1n) is 9.64. The molecule has 0 radical (unpaired) electrons. The van der Waals surface area contributed by atoms with Crippen LogP contribution in [0.25, 0.3) is 0 Å². The molecule has 30 heavy (non-hydrogen) atoms. The molecule has 4 rings (SSSR count). The van der Waals surface area contributed by atoms with Crippen molar-refractivity contribution < 1.29 is 9.59 Å². The number of benzene rings is 3. The van der Waals surface area contributed by atoms with Gasteiger partial charge in [-0.05, 0) is 29.3 Å².